The average molecular weight is 446 g/mol. The number of hydrogen-bond donors (Lipinski definition) is 0. The minimum Gasteiger partial charge on any atom is -0.762 e. The molecule has 4 N–H and O–H groups in total. The van der Waals surface area contributed by atoms with Crippen molar-refractivity contribution in [2.45, 2.75) is 0 Å². The van der Waals surface area contributed by atoms with Gasteiger partial charge in [-0.05, 0) is 0 Å². The molecule has 0 aromatic heterocycles. The Morgan fingerprint density at radius 1 is 0.917 bits per heavy atom. The Bertz CT molecular complexity index is 180. The first kappa shape index (κ1) is 39.0. The molecule has 0 spiro atoms. The van der Waals surface area contributed by atoms with Crippen LogP contribution in [0, 0.1) is 22.7 Å². The van der Waals surface area contributed by atoms with Crippen molar-refractivity contribution in [2.75, 3.05) is 0 Å². The topological polar surface area (TPSA) is 137 Å². The van der Waals surface area contributed by atoms with Crippen LogP contribution in [-0.2, 0) is 67.1 Å². The Balaban J connectivity index is -0.0000000180. The number of rotatable bonds is 0. The average Bonchev–Trinajstić information content (AvgIpc) is 1.72. The van der Waals surface area contributed by atoms with Gasteiger partial charge in [0.05, 0.1) is 0 Å². The molecule has 0 bridgehead atoms. The van der Waals surface area contributed by atoms with E-state index in [9.17, 15) is 0 Å². The summed E-state index contributed by atoms with van der Waals surface area (Å²) in [5, 5.41) is 23.4. The minimum absolute atomic E-state index is 0. The van der Waals surface area contributed by atoms with Crippen LogP contribution in [0.4, 0.5) is 0 Å². The van der Waals surface area contributed by atoms with Gasteiger partial charge in [0.2, 0.25) is 0 Å². The molecule has 0 radical (unpaired) electrons. The Labute approximate surface area is 118 Å². The van der Waals surface area contributed by atoms with Gasteiger partial charge in [0.15, 0.2) is 0 Å². The van der Waals surface area contributed by atoms with E-state index in [1.165, 1.54) is 18.0 Å². The zero-order valence-electron chi connectivity index (χ0n) is 5.40. The van der Waals surface area contributed by atoms with Gasteiger partial charge in [-0.25, -0.2) is 5.87 Å². The summed E-state index contributed by atoms with van der Waals surface area (Å²) in [5.41, 5.74) is -0.403. The van der Waals surface area contributed by atoms with Crippen LogP contribution in [0.2, 0.25) is 0 Å². The SMILES string of the molecule is N#CC(=C=[N-])C#N.[Ag+].[Ag+].[Ag+].[NH2-].[NH2-]. The van der Waals surface area contributed by atoms with Crippen molar-refractivity contribution in [1.29, 1.82) is 10.5 Å². The second-order valence-electron chi connectivity index (χ2n) is 0.710. The van der Waals surface area contributed by atoms with Gasteiger partial charge in [0.25, 0.3) is 0 Å². The number of allylic oxidation sites excluding steroid dienone is 1. The maximum absolute atomic E-state index is 7.79. The summed E-state index contributed by atoms with van der Waals surface area (Å²) in [6.07, 6.45) is 0. The van der Waals surface area contributed by atoms with Crippen LogP contribution in [0.25, 0.3) is 17.7 Å². The van der Waals surface area contributed by atoms with Crippen molar-refractivity contribution < 1.29 is 67.1 Å². The fourth-order valence-electron chi connectivity index (χ4n) is 0.0750. The fourth-order valence-corrected chi connectivity index (χ4v) is 0.0750. The second kappa shape index (κ2) is 29.9. The zero-order valence-corrected chi connectivity index (χ0v) is 9.85. The monoisotopic (exact) mass is 443 g/mol. The molecule has 5 nitrogen and oxygen atoms in total. The van der Waals surface area contributed by atoms with E-state index in [4.69, 9.17) is 15.9 Å². The van der Waals surface area contributed by atoms with Crippen molar-refractivity contribution in [2.24, 2.45) is 0 Å². The molecule has 0 aliphatic rings. The van der Waals surface area contributed by atoms with E-state index in [-0.39, 0.29) is 79.4 Å². The van der Waals surface area contributed by atoms with E-state index in [1.54, 1.807) is 0 Å². The number of hydrogen-bond acceptors (Lipinski definition) is 2. The first-order valence-electron chi connectivity index (χ1n) is 1.42. The van der Waals surface area contributed by atoms with E-state index >= 15 is 0 Å². The van der Waals surface area contributed by atoms with Gasteiger partial charge in [-0.3, -0.25) is 0 Å². The Kier molecular flexibility index (Phi) is 97.3. The van der Waals surface area contributed by atoms with Crippen LogP contribution >= 0.6 is 0 Å². The molecular weight excluding hydrogens is 442 g/mol. The van der Waals surface area contributed by atoms with E-state index < -0.39 is 5.57 Å². The molecule has 0 atom stereocenters. The molecule has 8 heteroatoms. The van der Waals surface area contributed by atoms with Gasteiger partial charge in [0.1, 0.15) is 17.7 Å². The second-order valence-corrected chi connectivity index (χ2v) is 0.710. The number of nitriles is 2. The molecule has 0 saturated heterocycles. The van der Waals surface area contributed by atoms with Gasteiger partial charge in [0, 0.05) is 0 Å². The summed E-state index contributed by atoms with van der Waals surface area (Å²) < 4.78 is 0. The van der Waals surface area contributed by atoms with E-state index in [1.807, 2.05) is 0 Å². The number of nitrogens with two attached hydrogens (primary N) is 2. The van der Waals surface area contributed by atoms with Gasteiger partial charge >= 0.3 is 67.1 Å². The molecule has 0 aliphatic carbocycles. The van der Waals surface area contributed by atoms with Gasteiger partial charge in [-0.2, -0.15) is 10.5 Å². The smallest absolute Gasteiger partial charge is 0.762 e. The van der Waals surface area contributed by atoms with E-state index in [0.717, 1.165) is 0 Å². The zero-order chi connectivity index (χ0) is 5.70. The molecule has 0 amide bonds. The van der Waals surface area contributed by atoms with Crippen LogP contribution in [-0.4, -0.2) is 5.87 Å². The Hall–Kier alpha value is 0.571. The molecule has 0 aliphatic heterocycles. The molecule has 0 aromatic carbocycles. The van der Waals surface area contributed by atoms with Gasteiger partial charge in [-0.15, -0.1) is 0 Å². The van der Waals surface area contributed by atoms with Crippen LogP contribution < -0.4 is 0 Å². The van der Waals surface area contributed by atoms with Gasteiger partial charge < -0.3 is 17.7 Å². The van der Waals surface area contributed by atoms with Crippen molar-refractivity contribution in [3.8, 4) is 12.1 Å². The molecule has 0 aromatic rings. The summed E-state index contributed by atoms with van der Waals surface area (Å²) in [6.45, 7) is 0. The van der Waals surface area contributed by atoms with Crippen molar-refractivity contribution in [1.82, 2.24) is 0 Å². The predicted octanol–water partition coefficient (Wildman–Crippen LogP) is 1.63. The minimum atomic E-state index is -0.403. The van der Waals surface area contributed by atoms with Crippen LogP contribution in [0.3, 0.4) is 0 Å². The quantitative estimate of drug-likeness (QED) is 0.318. The maximum Gasteiger partial charge on any atom is 1.00 e. The normalized spacial score (nSPS) is 2.83. The molecule has 12 heavy (non-hydrogen) atoms. The summed E-state index contributed by atoms with van der Waals surface area (Å²) in [4.78, 5) is 0. The van der Waals surface area contributed by atoms with Crippen molar-refractivity contribution in [3.05, 3.63) is 23.3 Å². The van der Waals surface area contributed by atoms with Crippen molar-refractivity contribution >= 4 is 5.87 Å². The fraction of sp³-hybridized carbons (Fsp3) is 0. The van der Waals surface area contributed by atoms with Crippen LogP contribution in [0.5, 0.6) is 0 Å². The number of nitrogens with zero attached hydrogens (tertiary/aromatic N) is 3. The van der Waals surface area contributed by atoms with Crippen LogP contribution in [0.1, 0.15) is 0 Å². The molecule has 0 fully saturated rings. The maximum atomic E-state index is 7.79. The largest absolute Gasteiger partial charge is 1.00 e. The van der Waals surface area contributed by atoms with E-state index in [2.05, 4.69) is 0 Å². The van der Waals surface area contributed by atoms with E-state index in [0.29, 0.717) is 0 Å². The first-order chi connectivity index (χ1) is 3.35. The summed E-state index contributed by atoms with van der Waals surface area (Å²) in [5.74, 6) is 1.40. The first-order valence-corrected chi connectivity index (χ1v) is 1.42. The molecule has 0 rings (SSSR count). The van der Waals surface area contributed by atoms with Crippen LogP contribution in [0.15, 0.2) is 5.57 Å². The van der Waals surface area contributed by atoms with Gasteiger partial charge in [-0.1, -0.05) is 0 Å². The molecule has 78 valence electrons. The molecule has 0 saturated carbocycles. The standard InChI is InChI=1S/C4N3.3Ag.2H2N/c5-1-4(2-6)3-7;;;;;/h;;;;2*1H2/q-1;3*+1;2*-1. The van der Waals surface area contributed by atoms with Crippen molar-refractivity contribution in [3.63, 3.8) is 0 Å². The third-order valence-corrected chi connectivity index (χ3v) is 0.335. The third kappa shape index (κ3) is 22.4. The summed E-state index contributed by atoms with van der Waals surface area (Å²) in [6, 6.07) is 2.79. The molecular formula is C4H4Ag3N5. The Morgan fingerprint density at radius 3 is 1.17 bits per heavy atom. The predicted molar refractivity (Wildman–Crippen MR) is 33.7 cm³/mol. The third-order valence-electron chi connectivity index (χ3n) is 0.335. The Morgan fingerprint density at radius 2 is 1.17 bits per heavy atom. The summed E-state index contributed by atoms with van der Waals surface area (Å²) in [7, 11) is 0. The summed E-state index contributed by atoms with van der Waals surface area (Å²) >= 11 is 0. The molecule has 0 unspecified atom stereocenters. The molecule has 0 heterocycles.